The monoisotopic (exact) mass is 391 g/mol. The van der Waals surface area contributed by atoms with Crippen LogP contribution < -0.4 is 4.74 Å². The lowest BCUT2D eigenvalue weighted by molar-refractivity contribution is 0.0977. The molecule has 1 unspecified atom stereocenters. The number of carbonyl (C=O) groups is 1. The number of nitrogens with zero attached hydrogens (tertiary/aromatic N) is 1. The number of rotatable bonds is 4. The lowest BCUT2D eigenvalue weighted by Crippen LogP contribution is -2.14. The lowest BCUT2D eigenvalue weighted by atomic mass is 9.90. The van der Waals surface area contributed by atoms with Crippen LogP contribution in [0.4, 0.5) is 0 Å². The third-order valence-electron chi connectivity index (χ3n) is 3.30. The molecule has 106 valence electrons. The van der Waals surface area contributed by atoms with Crippen molar-refractivity contribution in [2.24, 2.45) is 0 Å². The molecule has 0 amide bonds. The molecule has 2 aromatic carbocycles. The molecule has 0 aromatic heterocycles. The Morgan fingerprint density at radius 1 is 1.24 bits per heavy atom. The molecule has 0 fully saturated rings. The van der Waals surface area contributed by atoms with E-state index in [1.165, 1.54) is 7.11 Å². The van der Waals surface area contributed by atoms with Gasteiger partial charge in [-0.2, -0.15) is 5.26 Å². The first-order chi connectivity index (χ1) is 10.1. The number of ether oxygens (including phenoxy) is 1. The number of nitriles is 1. The van der Waals surface area contributed by atoms with Gasteiger partial charge in [0.15, 0.2) is 5.78 Å². The SMILES string of the molecule is COc1ccccc1C(C#N)C(=O)c1cccc(C)c1I. The van der Waals surface area contributed by atoms with E-state index in [9.17, 15) is 10.1 Å². The molecule has 2 rings (SSSR count). The van der Waals surface area contributed by atoms with Crippen LogP contribution in [0.1, 0.15) is 27.4 Å². The maximum atomic E-state index is 12.7. The zero-order valence-corrected chi connectivity index (χ0v) is 13.9. The molecule has 0 spiro atoms. The van der Waals surface area contributed by atoms with Gasteiger partial charge in [0.25, 0.3) is 0 Å². The van der Waals surface area contributed by atoms with Crippen LogP contribution in [-0.2, 0) is 0 Å². The maximum absolute atomic E-state index is 12.7. The molecule has 0 aliphatic rings. The Morgan fingerprint density at radius 3 is 2.62 bits per heavy atom. The molecule has 0 saturated carbocycles. The zero-order valence-electron chi connectivity index (χ0n) is 11.8. The second-order valence-electron chi connectivity index (χ2n) is 4.60. The number of hydrogen-bond acceptors (Lipinski definition) is 3. The topological polar surface area (TPSA) is 50.1 Å². The summed E-state index contributed by atoms with van der Waals surface area (Å²) in [6.45, 7) is 1.95. The number of benzene rings is 2. The van der Waals surface area contributed by atoms with Gasteiger partial charge in [0, 0.05) is 14.7 Å². The predicted octanol–water partition coefficient (Wildman–Crippen LogP) is 4.10. The number of methoxy groups -OCH3 is 1. The smallest absolute Gasteiger partial charge is 0.185 e. The van der Waals surface area contributed by atoms with E-state index in [4.69, 9.17) is 4.74 Å². The molecular weight excluding hydrogens is 377 g/mol. The first-order valence-electron chi connectivity index (χ1n) is 6.42. The van der Waals surface area contributed by atoms with Gasteiger partial charge in [-0.25, -0.2) is 0 Å². The van der Waals surface area contributed by atoms with Crippen molar-refractivity contribution in [2.45, 2.75) is 12.8 Å². The number of carbonyl (C=O) groups excluding carboxylic acids is 1. The van der Waals surface area contributed by atoms with Gasteiger partial charge in [-0.3, -0.25) is 4.79 Å². The van der Waals surface area contributed by atoms with E-state index >= 15 is 0 Å². The van der Waals surface area contributed by atoms with Crippen molar-refractivity contribution in [1.82, 2.24) is 0 Å². The third kappa shape index (κ3) is 3.08. The van der Waals surface area contributed by atoms with Gasteiger partial charge < -0.3 is 4.74 Å². The molecule has 0 saturated heterocycles. The van der Waals surface area contributed by atoms with Gasteiger partial charge in [0.1, 0.15) is 11.7 Å². The van der Waals surface area contributed by atoms with Gasteiger partial charge in [0.05, 0.1) is 13.2 Å². The van der Waals surface area contributed by atoms with E-state index in [2.05, 4.69) is 28.7 Å². The molecule has 0 aliphatic carbocycles. The lowest BCUT2D eigenvalue weighted by Gasteiger charge is -2.14. The molecule has 2 aromatic rings. The molecule has 0 radical (unpaired) electrons. The fourth-order valence-electron chi connectivity index (χ4n) is 2.17. The Hall–Kier alpha value is -1.87. The molecule has 0 N–H and O–H groups in total. The molecule has 0 aliphatic heterocycles. The highest BCUT2D eigenvalue weighted by molar-refractivity contribution is 14.1. The zero-order chi connectivity index (χ0) is 15.4. The summed E-state index contributed by atoms with van der Waals surface area (Å²) in [6.07, 6.45) is 0. The minimum atomic E-state index is -0.864. The molecule has 1 atom stereocenters. The van der Waals surface area contributed by atoms with Crippen LogP contribution in [0.2, 0.25) is 0 Å². The highest BCUT2D eigenvalue weighted by atomic mass is 127. The van der Waals surface area contributed by atoms with E-state index < -0.39 is 5.92 Å². The van der Waals surface area contributed by atoms with Gasteiger partial charge >= 0.3 is 0 Å². The van der Waals surface area contributed by atoms with E-state index in [-0.39, 0.29) is 5.78 Å². The van der Waals surface area contributed by atoms with Crippen molar-refractivity contribution in [3.8, 4) is 11.8 Å². The number of ketones is 1. The van der Waals surface area contributed by atoms with Crippen LogP contribution in [-0.4, -0.2) is 12.9 Å². The second kappa shape index (κ2) is 6.72. The van der Waals surface area contributed by atoms with Crippen molar-refractivity contribution >= 4 is 28.4 Å². The van der Waals surface area contributed by atoms with Crippen molar-refractivity contribution in [2.75, 3.05) is 7.11 Å². The number of halogens is 1. The molecule has 3 nitrogen and oxygen atoms in total. The number of para-hydroxylation sites is 1. The van der Waals surface area contributed by atoms with Crippen LogP contribution in [0.3, 0.4) is 0 Å². The van der Waals surface area contributed by atoms with Crippen LogP contribution >= 0.6 is 22.6 Å². The summed E-state index contributed by atoms with van der Waals surface area (Å²) < 4.78 is 6.15. The van der Waals surface area contributed by atoms with E-state index in [1.54, 1.807) is 24.3 Å². The highest BCUT2D eigenvalue weighted by Crippen LogP contribution is 2.30. The minimum Gasteiger partial charge on any atom is -0.496 e. The summed E-state index contributed by atoms with van der Waals surface area (Å²) in [5.41, 5.74) is 2.20. The van der Waals surface area contributed by atoms with E-state index in [1.807, 2.05) is 25.1 Å². The van der Waals surface area contributed by atoms with Gasteiger partial charge in [-0.05, 0) is 41.1 Å². The standard InChI is InChI=1S/C17H14INO2/c1-11-6-5-8-13(16(11)18)17(20)14(10-19)12-7-3-4-9-15(12)21-2/h3-9,14H,1-2H3. The van der Waals surface area contributed by atoms with E-state index in [0.717, 1.165) is 9.13 Å². The Bertz CT molecular complexity index is 719. The van der Waals surface area contributed by atoms with Gasteiger partial charge in [-0.15, -0.1) is 0 Å². The second-order valence-corrected chi connectivity index (χ2v) is 5.68. The Morgan fingerprint density at radius 2 is 1.95 bits per heavy atom. The van der Waals surface area contributed by atoms with Crippen LogP contribution in [0.25, 0.3) is 0 Å². The summed E-state index contributed by atoms with van der Waals surface area (Å²) in [6, 6.07) is 14.8. The average Bonchev–Trinajstić information content (AvgIpc) is 2.51. The van der Waals surface area contributed by atoms with Crippen molar-refractivity contribution in [3.05, 3.63) is 62.7 Å². The molecule has 4 heteroatoms. The minimum absolute atomic E-state index is 0.199. The third-order valence-corrected chi connectivity index (χ3v) is 4.73. The van der Waals surface area contributed by atoms with Crippen molar-refractivity contribution in [3.63, 3.8) is 0 Å². The summed E-state index contributed by atoms with van der Waals surface area (Å²) in [4.78, 5) is 12.7. The van der Waals surface area contributed by atoms with Gasteiger partial charge in [-0.1, -0.05) is 36.4 Å². The Kier molecular flexibility index (Phi) is 4.97. The molecule has 0 bridgehead atoms. The number of aryl methyl sites for hydroxylation is 1. The van der Waals surface area contributed by atoms with E-state index in [0.29, 0.717) is 16.9 Å². The number of Topliss-reactive ketones (excluding diaryl/α,β-unsaturated/α-hetero) is 1. The van der Waals surface area contributed by atoms with Crippen LogP contribution in [0.15, 0.2) is 42.5 Å². The average molecular weight is 391 g/mol. The van der Waals surface area contributed by atoms with Crippen LogP contribution in [0.5, 0.6) is 5.75 Å². The van der Waals surface area contributed by atoms with Crippen molar-refractivity contribution < 1.29 is 9.53 Å². The summed E-state index contributed by atoms with van der Waals surface area (Å²) >= 11 is 2.15. The Balaban J connectivity index is 2.49. The fraction of sp³-hybridized carbons (Fsp3) is 0.176. The largest absolute Gasteiger partial charge is 0.496 e. The maximum Gasteiger partial charge on any atom is 0.185 e. The summed E-state index contributed by atoms with van der Waals surface area (Å²) in [5.74, 6) is -0.508. The van der Waals surface area contributed by atoms with Gasteiger partial charge in [0.2, 0.25) is 0 Å². The fourth-order valence-corrected chi connectivity index (χ4v) is 2.79. The van der Waals surface area contributed by atoms with Crippen molar-refractivity contribution in [1.29, 1.82) is 5.26 Å². The van der Waals surface area contributed by atoms with Crippen LogP contribution in [0, 0.1) is 21.8 Å². The highest BCUT2D eigenvalue weighted by Gasteiger charge is 2.26. The first-order valence-corrected chi connectivity index (χ1v) is 7.50. The predicted molar refractivity (Wildman–Crippen MR) is 89.6 cm³/mol. The first kappa shape index (κ1) is 15.5. The summed E-state index contributed by atoms with van der Waals surface area (Å²) in [7, 11) is 1.54. The Labute approximate surface area is 137 Å². The quantitative estimate of drug-likeness (QED) is 0.583. The summed E-state index contributed by atoms with van der Waals surface area (Å²) in [5, 5.41) is 9.46. The molecule has 0 heterocycles. The number of hydrogen-bond donors (Lipinski definition) is 0. The molecule has 21 heavy (non-hydrogen) atoms. The normalized spacial score (nSPS) is 11.5. The molecular formula is C17H14INO2.